The summed E-state index contributed by atoms with van der Waals surface area (Å²) in [6.45, 7) is 7.14. The van der Waals surface area contributed by atoms with Gasteiger partial charge in [-0.2, -0.15) is 0 Å². The lowest BCUT2D eigenvalue weighted by atomic mass is 10.2. The molecule has 0 aliphatic carbocycles. The van der Waals surface area contributed by atoms with Gasteiger partial charge in [-0.25, -0.2) is 9.79 Å². The van der Waals surface area contributed by atoms with E-state index in [9.17, 15) is 9.59 Å². The van der Waals surface area contributed by atoms with E-state index in [1.807, 2.05) is 32.9 Å². The monoisotopic (exact) mass is 518 g/mol. The van der Waals surface area contributed by atoms with Gasteiger partial charge in [0, 0.05) is 6.54 Å². The smallest absolute Gasteiger partial charge is 0.335 e. The van der Waals surface area contributed by atoms with Crippen LogP contribution in [0.1, 0.15) is 36.7 Å². The van der Waals surface area contributed by atoms with E-state index in [4.69, 9.17) is 14.6 Å². The van der Waals surface area contributed by atoms with Crippen molar-refractivity contribution in [1.29, 1.82) is 0 Å². The minimum Gasteiger partial charge on any atom is -0.490 e. The molecule has 1 fully saturated rings. The summed E-state index contributed by atoms with van der Waals surface area (Å²) in [6.07, 6.45) is 1.80. The average molecular weight is 519 g/mol. The molecule has 0 unspecified atom stereocenters. The molecule has 1 saturated heterocycles. The van der Waals surface area contributed by atoms with Crippen molar-refractivity contribution in [1.82, 2.24) is 4.90 Å². The number of rotatable bonds is 8. The summed E-state index contributed by atoms with van der Waals surface area (Å²) in [5.74, 6) is 0.0965. The van der Waals surface area contributed by atoms with Gasteiger partial charge < -0.3 is 14.6 Å². The summed E-state index contributed by atoms with van der Waals surface area (Å²) in [5, 5.41) is 9.59. The molecule has 9 heteroatoms. The highest BCUT2D eigenvalue weighted by molar-refractivity contribution is 9.10. The third-order valence-electron chi connectivity index (χ3n) is 4.46. The van der Waals surface area contributed by atoms with Crippen LogP contribution in [0.4, 0.5) is 5.69 Å². The van der Waals surface area contributed by atoms with Crippen LogP contribution in [0.3, 0.4) is 0 Å². The molecule has 2 aromatic carbocycles. The maximum absolute atomic E-state index is 13.0. The third-order valence-corrected chi connectivity index (χ3v) is 6.06. The van der Waals surface area contributed by atoms with Crippen LogP contribution in [-0.4, -0.2) is 46.8 Å². The largest absolute Gasteiger partial charge is 0.490 e. The van der Waals surface area contributed by atoms with Crippen LogP contribution in [-0.2, 0) is 4.79 Å². The Morgan fingerprint density at radius 2 is 1.84 bits per heavy atom. The number of likely N-dealkylation sites (N-methyl/N-ethyl adjacent to an activating group) is 1. The molecule has 3 rings (SSSR count). The maximum Gasteiger partial charge on any atom is 0.335 e. The van der Waals surface area contributed by atoms with Gasteiger partial charge in [-0.05, 0) is 96.5 Å². The van der Waals surface area contributed by atoms with Crippen LogP contribution in [0.25, 0.3) is 6.08 Å². The van der Waals surface area contributed by atoms with E-state index >= 15 is 0 Å². The first kappa shape index (κ1) is 23.9. The second-order valence-corrected chi connectivity index (χ2v) is 8.47. The molecule has 0 saturated carbocycles. The molecule has 0 aromatic heterocycles. The molecule has 1 N–H and O–H groups in total. The summed E-state index contributed by atoms with van der Waals surface area (Å²) in [7, 11) is 0. The zero-order chi connectivity index (χ0) is 23.3. The number of aromatic carboxylic acids is 1. The SMILES string of the molecule is CCOc1cc(C=C2SC(=Nc3ccc(C(=O)O)cc3)N(CC)C2=O)cc(Br)c1OCC. The Morgan fingerprint density at radius 3 is 2.44 bits per heavy atom. The molecule has 2 aromatic rings. The zero-order valence-electron chi connectivity index (χ0n) is 17.9. The number of ether oxygens (including phenoxy) is 2. The summed E-state index contributed by atoms with van der Waals surface area (Å²) in [6, 6.07) is 9.94. The van der Waals surface area contributed by atoms with Crippen molar-refractivity contribution in [3.8, 4) is 11.5 Å². The van der Waals surface area contributed by atoms with E-state index in [2.05, 4.69) is 20.9 Å². The van der Waals surface area contributed by atoms with Crippen molar-refractivity contribution in [3.63, 3.8) is 0 Å². The van der Waals surface area contributed by atoms with Crippen molar-refractivity contribution in [2.24, 2.45) is 4.99 Å². The molecule has 0 radical (unpaired) electrons. The van der Waals surface area contributed by atoms with Gasteiger partial charge in [0.05, 0.1) is 33.8 Å². The van der Waals surface area contributed by atoms with Gasteiger partial charge in [-0.1, -0.05) is 0 Å². The number of carboxylic acid groups (broad SMARTS) is 1. The van der Waals surface area contributed by atoms with Crippen LogP contribution in [0.5, 0.6) is 11.5 Å². The topological polar surface area (TPSA) is 88.4 Å². The van der Waals surface area contributed by atoms with Gasteiger partial charge in [0.15, 0.2) is 16.7 Å². The van der Waals surface area contributed by atoms with Gasteiger partial charge in [-0.15, -0.1) is 0 Å². The third kappa shape index (κ3) is 5.34. The van der Waals surface area contributed by atoms with Crippen molar-refractivity contribution in [3.05, 3.63) is 56.9 Å². The maximum atomic E-state index is 13.0. The fourth-order valence-electron chi connectivity index (χ4n) is 3.03. The lowest BCUT2D eigenvalue weighted by molar-refractivity contribution is -0.122. The van der Waals surface area contributed by atoms with Crippen molar-refractivity contribution in [2.45, 2.75) is 20.8 Å². The van der Waals surface area contributed by atoms with Gasteiger partial charge >= 0.3 is 5.97 Å². The minimum atomic E-state index is -0.997. The number of hydrogen-bond donors (Lipinski definition) is 1. The molecule has 1 heterocycles. The quantitative estimate of drug-likeness (QED) is 0.459. The molecular weight excluding hydrogens is 496 g/mol. The summed E-state index contributed by atoms with van der Waals surface area (Å²) in [4.78, 5) is 30.7. The number of amidine groups is 1. The van der Waals surface area contributed by atoms with Crippen molar-refractivity contribution < 1.29 is 24.2 Å². The number of carbonyl (C=O) groups is 2. The normalized spacial score (nSPS) is 16.1. The highest BCUT2D eigenvalue weighted by Gasteiger charge is 2.32. The van der Waals surface area contributed by atoms with Crippen LogP contribution in [0.2, 0.25) is 0 Å². The molecule has 1 aliphatic heterocycles. The Morgan fingerprint density at radius 1 is 1.16 bits per heavy atom. The molecule has 1 amide bonds. The van der Waals surface area contributed by atoms with Crippen molar-refractivity contribution in [2.75, 3.05) is 19.8 Å². The molecule has 0 atom stereocenters. The molecule has 168 valence electrons. The number of amides is 1. The van der Waals surface area contributed by atoms with E-state index in [1.165, 1.54) is 23.9 Å². The van der Waals surface area contributed by atoms with Gasteiger partial charge in [-0.3, -0.25) is 9.69 Å². The van der Waals surface area contributed by atoms with Crippen LogP contribution in [0.15, 0.2) is 50.8 Å². The molecule has 7 nitrogen and oxygen atoms in total. The predicted octanol–water partition coefficient (Wildman–Crippen LogP) is 5.57. The Balaban J connectivity index is 1.93. The van der Waals surface area contributed by atoms with Crippen LogP contribution in [0, 0.1) is 0 Å². The Labute approximate surface area is 199 Å². The summed E-state index contributed by atoms with van der Waals surface area (Å²) < 4.78 is 12.1. The first-order valence-corrected chi connectivity index (χ1v) is 11.7. The van der Waals surface area contributed by atoms with E-state index in [0.717, 1.165) is 10.0 Å². The second kappa shape index (κ2) is 10.7. The van der Waals surface area contributed by atoms with Gasteiger partial charge in [0.2, 0.25) is 0 Å². The molecule has 0 spiro atoms. The molecule has 1 aliphatic rings. The summed E-state index contributed by atoms with van der Waals surface area (Å²) in [5.41, 5.74) is 1.55. The number of carboxylic acids is 1. The summed E-state index contributed by atoms with van der Waals surface area (Å²) >= 11 is 4.80. The first-order valence-electron chi connectivity index (χ1n) is 10.1. The highest BCUT2D eigenvalue weighted by atomic mass is 79.9. The standard InChI is InChI=1S/C23H23BrN2O5S/c1-4-26-21(27)19(32-23(26)25-16-9-7-15(8-10-16)22(28)29)13-14-11-17(24)20(31-6-3)18(12-14)30-5-2/h7-13H,4-6H2,1-3H3,(H,28,29). The number of carbonyl (C=O) groups excluding carboxylic acids is 1. The van der Waals surface area contributed by atoms with Gasteiger partial charge in [0.1, 0.15) is 0 Å². The van der Waals surface area contributed by atoms with E-state index in [-0.39, 0.29) is 11.5 Å². The number of halogens is 1. The van der Waals surface area contributed by atoms with Crippen molar-refractivity contribution >= 4 is 56.5 Å². The Kier molecular flexibility index (Phi) is 7.98. The van der Waals surface area contributed by atoms with Crippen LogP contribution < -0.4 is 9.47 Å². The molecule has 32 heavy (non-hydrogen) atoms. The fraction of sp³-hybridized carbons (Fsp3) is 0.261. The Hall–Kier alpha value is -2.78. The molecular formula is C23H23BrN2O5S. The minimum absolute atomic E-state index is 0.138. The Bertz CT molecular complexity index is 1080. The number of nitrogens with zero attached hydrogens (tertiary/aromatic N) is 2. The molecule has 0 bridgehead atoms. The zero-order valence-corrected chi connectivity index (χ0v) is 20.3. The number of hydrogen-bond acceptors (Lipinski definition) is 6. The number of aliphatic imine (C=N–C) groups is 1. The van der Waals surface area contributed by atoms with E-state index in [1.54, 1.807) is 23.1 Å². The van der Waals surface area contributed by atoms with Gasteiger partial charge in [0.25, 0.3) is 5.91 Å². The lowest BCUT2D eigenvalue weighted by Crippen LogP contribution is -2.28. The van der Waals surface area contributed by atoms with E-state index < -0.39 is 5.97 Å². The van der Waals surface area contributed by atoms with E-state index in [0.29, 0.717) is 47.0 Å². The number of thioether (sulfide) groups is 1. The second-order valence-electron chi connectivity index (χ2n) is 6.60. The van der Waals surface area contributed by atoms with Crippen LogP contribution >= 0.6 is 27.7 Å². The average Bonchev–Trinajstić information content (AvgIpc) is 3.05. The lowest BCUT2D eigenvalue weighted by Gasteiger charge is -2.13. The first-order chi connectivity index (χ1) is 15.4. The highest BCUT2D eigenvalue weighted by Crippen LogP contribution is 2.39. The fourth-order valence-corrected chi connectivity index (χ4v) is 4.67. The number of benzene rings is 2. The predicted molar refractivity (Wildman–Crippen MR) is 130 cm³/mol.